The van der Waals surface area contributed by atoms with Crippen molar-refractivity contribution in [3.05, 3.63) is 46.5 Å². The van der Waals surface area contributed by atoms with Crippen molar-refractivity contribution in [2.24, 2.45) is 0 Å². The zero-order chi connectivity index (χ0) is 13.3. The van der Waals surface area contributed by atoms with Crippen LogP contribution in [0.3, 0.4) is 0 Å². The third kappa shape index (κ3) is 2.40. The molecule has 0 atom stereocenters. The molecule has 19 heavy (non-hydrogen) atoms. The average molecular weight is 321 g/mol. The smallest absolute Gasteiger partial charge is 0.231 e. The van der Waals surface area contributed by atoms with Gasteiger partial charge in [-0.05, 0) is 30.5 Å². The van der Waals surface area contributed by atoms with Gasteiger partial charge < -0.3 is 5.32 Å². The molecule has 1 aliphatic carbocycles. The predicted molar refractivity (Wildman–Crippen MR) is 73.3 cm³/mol. The number of hydrogen-bond acceptors (Lipinski definition) is 3. The van der Waals surface area contributed by atoms with Crippen LogP contribution in [0.15, 0.2) is 35.1 Å². The lowest BCUT2D eigenvalue weighted by atomic mass is 9.95. The molecule has 0 spiro atoms. The van der Waals surface area contributed by atoms with E-state index in [2.05, 4.69) is 36.4 Å². The van der Waals surface area contributed by atoms with Crippen molar-refractivity contribution in [2.75, 3.05) is 0 Å². The molecule has 6 heteroatoms. The molecule has 3 rings (SSSR count). The quantitative estimate of drug-likeness (QED) is 0.904. The maximum absolute atomic E-state index is 12.3. The van der Waals surface area contributed by atoms with Crippen LogP contribution in [-0.2, 0) is 16.8 Å². The van der Waals surface area contributed by atoms with Crippen LogP contribution in [0.4, 0.5) is 0 Å². The first-order valence-electron chi connectivity index (χ1n) is 6.09. The molecule has 0 bridgehead atoms. The zero-order valence-electron chi connectivity index (χ0n) is 10.2. The Balaban J connectivity index is 1.70. The molecular weight excluding hydrogens is 308 g/mol. The van der Waals surface area contributed by atoms with Gasteiger partial charge in [-0.1, -0.05) is 28.1 Å². The van der Waals surface area contributed by atoms with Gasteiger partial charge in [0.05, 0.1) is 12.0 Å². The van der Waals surface area contributed by atoms with Gasteiger partial charge in [-0.15, -0.1) is 0 Å². The Morgan fingerprint density at radius 1 is 1.37 bits per heavy atom. The molecule has 0 aliphatic heterocycles. The fraction of sp³-hybridized carbons (Fsp3) is 0.308. The number of carbonyl (C=O) groups excluding carboxylic acids is 1. The summed E-state index contributed by atoms with van der Waals surface area (Å²) in [5.74, 6) is 0.728. The summed E-state index contributed by atoms with van der Waals surface area (Å²) in [7, 11) is 0. The van der Waals surface area contributed by atoms with Crippen LogP contribution in [0.1, 0.15) is 24.2 Å². The summed E-state index contributed by atoms with van der Waals surface area (Å²) in [6.07, 6.45) is 3.23. The third-order valence-corrected chi connectivity index (χ3v) is 3.99. The Labute approximate surface area is 119 Å². The van der Waals surface area contributed by atoms with Crippen LogP contribution in [0, 0.1) is 0 Å². The predicted octanol–water partition coefficient (Wildman–Crippen LogP) is 1.92. The Morgan fingerprint density at radius 2 is 2.11 bits per heavy atom. The van der Waals surface area contributed by atoms with E-state index >= 15 is 0 Å². The fourth-order valence-corrected chi connectivity index (χ4v) is 2.45. The monoisotopic (exact) mass is 320 g/mol. The number of halogens is 1. The second-order valence-electron chi connectivity index (χ2n) is 4.70. The van der Waals surface area contributed by atoms with Crippen molar-refractivity contribution in [3.8, 4) is 0 Å². The van der Waals surface area contributed by atoms with Gasteiger partial charge in [-0.2, -0.15) is 5.10 Å². The Kier molecular flexibility index (Phi) is 3.10. The summed E-state index contributed by atoms with van der Waals surface area (Å²) in [5, 5.41) is 9.40. The number of aromatic nitrogens is 3. The highest BCUT2D eigenvalue weighted by Gasteiger charge is 2.51. The first-order chi connectivity index (χ1) is 9.21. The number of amides is 1. The van der Waals surface area contributed by atoms with Crippen LogP contribution in [-0.4, -0.2) is 21.1 Å². The number of aromatic amines is 1. The highest BCUT2D eigenvalue weighted by molar-refractivity contribution is 9.10. The molecule has 0 radical (unpaired) electrons. The van der Waals surface area contributed by atoms with Gasteiger partial charge in [0.25, 0.3) is 0 Å². The maximum atomic E-state index is 12.3. The minimum atomic E-state index is -0.347. The number of rotatable bonds is 4. The topological polar surface area (TPSA) is 70.7 Å². The number of H-pyrrole nitrogens is 1. The first kappa shape index (κ1) is 12.3. The molecule has 0 saturated heterocycles. The van der Waals surface area contributed by atoms with Gasteiger partial charge in [-0.25, -0.2) is 4.98 Å². The van der Waals surface area contributed by atoms with E-state index in [0.29, 0.717) is 12.4 Å². The van der Waals surface area contributed by atoms with E-state index in [9.17, 15) is 4.79 Å². The van der Waals surface area contributed by atoms with Crippen LogP contribution in [0.5, 0.6) is 0 Å². The number of nitrogens with zero attached hydrogens (tertiary/aromatic N) is 2. The normalized spacial score (nSPS) is 16.1. The lowest BCUT2D eigenvalue weighted by molar-refractivity contribution is -0.123. The standard InChI is InChI=1S/C13H13BrN4O/c14-10-3-1-9(2-4-10)13(5-6-13)12(19)15-7-11-16-8-17-18-11/h1-4,8H,5-7H2,(H,15,19)(H,16,17,18). The lowest BCUT2D eigenvalue weighted by Gasteiger charge is -2.15. The number of nitrogens with one attached hydrogen (secondary N) is 2. The van der Waals surface area contributed by atoms with Gasteiger partial charge in [0.2, 0.25) is 5.91 Å². The lowest BCUT2D eigenvalue weighted by Crippen LogP contribution is -2.34. The molecule has 1 saturated carbocycles. The van der Waals surface area contributed by atoms with Crippen molar-refractivity contribution >= 4 is 21.8 Å². The summed E-state index contributed by atoms with van der Waals surface area (Å²) in [5.41, 5.74) is 0.728. The minimum Gasteiger partial charge on any atom is -0.348 e. The van der Waals surface area contributed by atoms with Crippen LogP contribution in [0.2, 0.25) is 0 Å². The van der Waals surface area contributed by atoms with E-state index in [1.165, 1.54) is 6.33 Å². The SMILES string of the molecule is O=C(NCc1ncn[nH]1)C1(c2ccc(Br)cc2)CC1. The van der Waals surface area contributed by atoms with Gasteiger partial charge in [0, 0.05) is 4.47 Å². The molecule has 1 fully saturated rings. The number of hydrogen-bond donors (Lipinski definition) is 2. The van der Waals surface area contributed by atoms with Gasteiger partial charge in [0.1, 0.15) is 12.2 Å². The second-order valence-corrected chi connectivity index (χ2v) is 5.62. The highest BCUT2D eigenvalue weighted by Crippen LogP contribution is 2.48. The van der Waals surface area contributed by atoms with Gasteiger partial charge >= 0.3 is 0 Å². The van der Waals surface area contributed by atoms with Crippen molar-refractivity contribution in [2.45, 2.75) is 24.8 Å². The Hall–Kier alpha value is -1.69. The molecule has 2 N–H and O–H groups in total. The Morgan fingerprint density at radius 3 is 2.68 bits per heavy atom. The molecule has 1 aromatic carbocycles. The molecule has 0 unspecified atom stereocenters. The van der Waals surface area contributed by atoms with E-state index in [4.69, 9.17) is 0 Å². The number of benzene rings is 1. The van der Waals surface area contributed by atoms with Gasteiger partial charge in [0.15, 0.2) is 0 Å². The molecular formula is C13H13BrN4O. The summed E-state index contributed by atoms with van der Waals surface area (Å²) in [4.78, 5) is 16.3. The van der Waals surface area contributed by atoms with Crippen molar-refractivity contribution < 1.29 is 4.79 Å². The molecule has 98 valence electrons. The summed E-state index contributed by atoms with van der Waals surface area (Å²) in [6, 6.07) is 7.95. The summed E-state index contributed by atoms with van der Waals surface area (Å²) < 4.78 is 1.02. The third-order valence-electron chi connectivity index (χ3n) is 3.46. The van der Waals surface area contributed by atoms with Crippen molar-refractivity contribution in [1.29, 1.82) is 0 Å². The summed E-state index contributed by atoms with van der Waals surface area (Å²) in [6.45, 7) is 0.386. The zero-order valence-corrected chi connectivity index (χ0v) is 11.8. The van der Waals surface area contributed by atoms with E-state index < -0.39 is 0 Å². The molecule has 2 aromatic rings. The maximum Gasteiger partial charge on any atom is 0.231 e. The molecule has 1 heterocycles. The van der Waals surface area contributed by atoms with Crippen molar-refractivity contribution in [3.63, 3.8) is 0 Å². The van der Waals surface area contributed by atoms with E-state index in [-0.39, 0.29) is 11.3 Å². The van der Waals surface area contributed by atoms with E-state index in [1.807, 2.05) is 24.3 Å². The highest BCUT2D eigenvalue weighted by atomic mass is 79.9. The van der Waals surface area contributed by atoms with Crippen molar-refractivity contribution in [1.82, 2.24) is 20.5 Å². The average Bonchev–Trinajstić information content (AvgIpc) is 3.07. The molecule has 5 nitrogen and oxygen atoms in total. The van der Waals surface area contributed by atoms with Crippen LogP contribution in [0.25, 0.3) is 0 Å². The van der Waals surface area contributed by atoms with Crippen LogP contribution >= 0.6 is 15.9 Å². The second kappa shape index (κ2) is 4.77. The molecule has 1 amide bonds. The fourth-order valence-electron chi connectivity index (χ4n) is 2.19. The molecule has 1 aliphatic rings. The largest absolute Gasteiger partial charge is 0.348 e. The van der Waals surface area contributed by atoms with Gasteiger partial charge in [-0.3, -0.25) is 9.89 Å². The first-order valence-corrected chi connectivity index (χ1v) is 6.89. The van der Waals surface area contributed by atoms with E-state index in [1.54, 1.807) is 0 Å². The van der Waals surface area contributed by atoms with E-state index in [0.717, 1.165) is 22.9 Å². The Bertz CT molecular complexity index is 575. The number of carbonyl (C=O) groups is 1. The van der Waals surface area contributed by atoms with Crippen LogP contribution < -0.4 is 5.32 Å². The minimum absolute atomic E-state index is 0.0613. The molecule has 1 aromatic heterocycles. The summed E-state index contributed by atoms with van der Waals surface area (Å²) >= 11 is 3.41.